The van der Waals surface area contributed by atoms with Crippen molar-refractivity contribution < 1.29 is 9.47 Å². The molecular formula is C31H47N3O2S. The minimum atomic E-state index is 0.443. The third-order valence-electron chi connectivity index (χ3n) is 6.07. The van der Waals surface area contributed by atoms with Crippen LogP contribution in [0.15, 0.2) is 58.7 Å². The molecular weight excluding hydrogens is 478 g/mol. The van der Waals surface area contributed by atoms with Gasteiger partial charge < -0.3 is 15.2 Å². The molecule has 204 valence electrons. The summed E-state index contributed by atoms with van der Waals surface area (Å²) in [5.74, 6) is 2.35. The first-order chi connectivity index (χ1) is 18.2. The van der Waals surface area contributed by atoms with Crippen LogP contribution >= 0.6 is 11.8 Å². The second-order valence-corrected chi connectivity index (χ2v) is 10.4. The molecule has 0 aliphatic carbocycles. The van der Waals surface area contributed by atoms with Gasteiger partial charge in [0.25, 0.3) is 0 Å². The van der Waals surface area contributed by atoms with Gasteiger partial charge in [-0.25, -0.2) is 0 Å². The van der Waals surface area contributed by atoms with Gasteiger partial charge in [-0.15, -0.1) is 5.10 Å². The standard InChI is InChI=1S/C31H47N3O2S/c1-3-5-7-9-11-16-22-35-29-21-20-28(24-30(29)36-23-17-12-10-8-6-4-2)25-33-34-31(32)37-26-27-18-14-13-15-19-27/h13-15,18-21,24-25H,3-12,16-17,22-23,26H2,1-2H3,(H2,32,34). The minimum absolute atomic E-state index is 0.443. The maximum absolute atomic E-state index is 6.16. The van der Waals surface area contributed by atoms with Gasteiger partial charge in [0.1, 0.15) is 0 Å². The maximum atomic E-state index is 6.16. The average molecular weight is 526 g/mol. The first-order valence-corrected chi connectivity index (χ1v) is 15.1. The molecule has 0 radical (unpaired) electrons. The molecule has 0 saturated heterocycles. The highest BCUT2D eigenvalue weighted by Crippen LogP contribution is 2.29. The molecule has 0 spiro atoms. The van der Waals surface area contributed by atoms with Crippen LogP contribution in [0.25, 0.3) is 0 Å². The van der Waals surface area contributed by atoms with E-state index in [1.54, 1.807) is 6.21 Å². The lowest BCUT2D eigenvalue weighted by molar-refractivity contribution is 0.258. The molecule has 2 N–H and O–H groups in total. The second kappa shape index (κ2) is 20.6. The van der Waals surface area contributed by atoms with E-state index in [2.05, 4.69) is 36.2 Å². The van der Waals surface area contributed by atoms with Crippen molar-refractivity contribution >= 4 is 23.1 Å². The van der Waals surface area contributed by atoms with Gasteiger partial charge in [0.2, 0.25) is 0 Å². The van der Waals surface area contributed by atoms with Gasteiger partial charge in [-0.3, -0.25) is 0 Å². The van der Waals surface area contributed by atoms with E-state index in [9.17, 15) is 0 Å². The summed E-state index contributed by atoms with van der Waals surface area (Å²) in [6, 6.07) is 16.2. The van der Waals surface area contributed by atoms with Crippen LogP contribution in [0.4, 0.5) is 0 Å². The van der Waals surface area contributed by atoms with Crippen LogP contribution in [-0.2, 0) is 5.75 Å². The number of hydrogen-bond donors (Lipinski definition) is 1. The summed E-state index contributed by atoms with van der Waals surface area (Å²) in [6.45, 7) is 5.90. The highest BCUT2D eigenvalue weighted by molar-refractivity contribution is 8.13. The van der Waals surface area contributed by atoms with Crippen LogP contribution < -0.4 is 15.2 Å². The lowest BCUT2D eigenvalue weighted by atomic mass is 10.1. The Balaban J connectivity index is 1.89. The molecule has 6 heteroatoms. The van der Waals surface area contributed by atoms with Gasteiger partial charge in [-0.2, -0.15) is 5.10 Å². The molecule has 0 aliphatic heterocycles. The Kier molecular flexibility index (Phi) is 17.1. The SMILES string of the molecule is CCCCCCCCOc1ccc(C=NN=C(N)SCc2ccccc2)cc1OCCCCCCCC. The first kappa shape index (κ1) is 30.8. The molecule has 2 rings (SSSR count). The van der Waals surface area contributed by atoms with Crippen LogP contribution in [-0.4, -0.2) is 24.6 Å². The van der Waals surface area contributed by atoms with E-state index in [0.717, 1.165) is 35.7 Å². The molecule has 0 bridgehead atoms. The fourth-order valence-corrected chi connectivity index (χ4v) is 4.49. The zero-order chi connectivity index (χ0) is 26.4. The molecule has 0 heterocycles. The van der Waals surface area contributed by atoms with Crippen molar-refractivity contribution in [3.05, 3.63) is 59.7 Å². The summed E-state index contributed by atoms with van der Waals surface area (Å²) in [7, 11) is 0. The predicted molar refractivity (Wildman–Crippen MR) is 161 cm³/mol. The summed E-state index contributed by atoms with van der Waals surface area (Å²) in [5, 5.41) is 8.78. The molecule has 0 amide bonds. The van der Waals surface area contributed by atoms with Crippen LogP contribution in [0.5, 0.6) is 11.5 Å². The molecule has 2 aromatic rings. The van der Waals surface area contributed by atoms with Crippen molar-refractivity contribution in [2.75, 3.05) is 13.2 Å². The van der Waals surface area contributed by atoms with Crippen molar-refractivity contribution in [1.29, 1.82) is 0 Å². The number of unbranched alkanes of at least 4 members (excludes halogenated alkanes) is 10. The van der Waals surface area contributed by atoms with Gasteiger partial charge in [0.05, 0.1) is 19.4 Å². The Morgan fingerprint density at radius 2 is 1.35 bits per heavy atom. The van der Waals surface area contributed by atoms with E-state index in [1.165, 1.54) is 81.5 Å². The Hall–Kier alpha value is -2.47. The van der Waals surface area contributed by atoms with Crippen molar-refractivity contribution in [2.45, 2.75) is 96.7 Å². The summed E-state index contributed by atoms with van der Waals surface area (Å²) in [5.41, 5.74) is 8.14. The highest BCUT2D eigenvalue weighted by atomic mass is 32.2. The number of amidine groups is 1. The summed E-state index contributed by atoms with van der Waals surface area (Å²) >= 11 is 1.48. The number of thioether (sulfide) groups is 1. The smallest absolute Gasteiger partial charge is 0.180 e. The molecule has 0 atom stereocenters. The van der Waals surface area contributed by atoms with Gasteiger partial charge in [0.15, 0.2) is 16.7 Å². The van der Waals surface area contributed by atoms with Crippen LogP contribution in [0.2, 0.25) is 0 Å². The normalized spacial score (nSPS) is 11.8. The minimum Gasteiger partial charge on any atom is -0.490 e. The predicted octanol–water partition coefficient (Wildman–Crippen LogP) is 8.75. The number of ether oxygens (including phenoxy) is 2. The Morgan fingerprint density at radius 1 is 0.757 bits per heavy atom. The lowest BCUT2D eigenvalue weighted by Gasteiger charge is -2.13. The monoisotopic (exact) mass is 525 g/mol. The van der Waals surface area contributed by atoms with E-state index in [0.29, 0.717) is 18.4 Å². The molecule has 0 aromatic heterocycles. The quantitative estimate of drug-likeness (QED) is 0.0812. The first-order valence-electron chi connectivity index (χ1n) is 14.2. The van der Waals surface area contributed by atoms with E-state index >= 15 is 0 Å². The van der Waals surface area contributed by atoms with Crippen LogP contribution in [0.3, 0.4) is 0 Å². The van der Waals surface area contributed by atoms with Crippen molar-refractivity contribution in [2.24, 2.45) is 15.9 Å². The number of rotatable bonds is 20. The Labute approximate surface area is 229 Å². The Morgan fingerprint density at radius 3 is 2.00 bits per heavy atom. The Bertz CT molecular complexity index is 903. The topological polar surface area (TPSA) is 69.2 Å². The van der Waals surface area contributed by atoms with Gasteiger partial charge >= 0.3 is 0 Å². The molecule has 5 nitrogen and oxygen atoms in total. The van der Waals surface area contributed by atoms with Gasteiger partial charge in [-0.05, 0) is 42.2 Å². The van der Waals surface area contributed by atoms with Crippen molar-refractivity contribution in [1.82, 2.24) is 0 Å². The summed E-state index contributed by atoms with van der Waals surface area (Å²) < 4.78 is 12.3. The third-order valence-corrected chi connectivity index (χ3v) is 6.93. The maximum Gasteiger partial charge on any atom is 0.180 e. The largest absolute Gasteiger partial charge is 0.490 e. The molecule has 37 heavy (non-hydrogen) atoms. The number of nitrogens with two attached hydrogens (primary N) is 1. The van der Waals surface area contributed by atoms with Crippen LogP contribution in [0.1, 0.15) is 102 Å². The van der Waals surface area contributed by atoms with E-state index < -0.39 is 0 Å². The summed E-state index contributed by atoms with van der Waals surface area (Å²) in [4.78, 5) is 0. The highest BCUT2D eigenvalue weighted by Gasteiger charge is 2.07. The zero-order valence-electron chi connectivity index (χ0n) is 23.0. The molecule has 0 aliphatic rings. The molecule has 0 saturated carbocycles. The van der Waals surface area contributed by atoms with E-state index in [-0.39, 0.29) is 0 Å². The number of nitrogens with zero attached hydrogens (tertiary/aromatic N) is 2. The van der Waals surface area contributed by atoms with Crippen molar-refractivity contribution in [3.63, 3.8) is 0 Å². The third kappa shape index (κ3) is 14.8. The van der Waals surface area contributed by atoms with Crippen molar-refractivity contribution in [3.8, 4) is 11.5 Å². The molecule has 0 unspecified atom stereocenters. The fraction of sp³-hybridized carbons (Fsp3) is 0.548. The van der Waals surface area contributed by atoms with Gasteiger partial charge in [-0.1, -0.05) is 120 Å². The zero-order valence-corrected chi connectivity index (χ0v) is 23.8. The van der Waals surface area contributed by atoms with E-state index in [4.69, 9.17) is 15.2 Å². The summed E-state index contributed by atoms with van der Waals surface area (Å²) in [6.07, 6.45) is 16.6. The fourth-order valence-electron chi connectivity index (χ4n) is 3.88. The van der Waals surface area contributed by atoms with Crippen LogP contribution in [0, 0.1) is 0 Å². The average Bonchev–Trinajstić information content (AvgIpc) is 2.92. The number of hydrogen-bond acceptors (Lipinski definition) is 5. The number of benzene rings is 2. The molecule has 2 aromatic carbocycles. The van der Waals surface area contributed by atoms with E-state index in [1.807, 2.05) is 36.4 Å². The second-order valence-electron chi connectivity index (χ2n) is 9.40. The molecule has 0 fully saturated rings. The lowest BCUT2D eigenvalue weighted by Crippen LogP contribution is -2.06. The van der Waals surface area contributed by atoms with Gasteiger partial charge in [0, 0.05) is 5.75 Å².